The quantitative estimate of drug-likeness (QED) is 0.368. The minimum absolute atomic E-state index is 0.191. The summed E-state index contributed by atoms with van der Waals surface area (Å²) in [4.78, 5) is 25.2. The van der Waals surface area contributed by atoms with E-state index in [0.717, 1.165) is 0 Å². The maximum Gasteiger partial charge on any atom is 0.481 e. The molecular formula is C5H12O7P2. The van der Waals surface area contributed by atoms with Crippen LogP contribution in [0.5, 0.6) is 0 Å². The van der Waals surface area contributed by atoms with Crippen LogP contribution < -0.4 is 0 Å². The van der Waals surface area contributed by atoms with Crippen molar-refractivity contribution < 1.29 is 32.6 Å². The first-order valence-corrected chi connectivity index (χ1v) is 6.53. The molecule has 0 aliphatic heterocycles. The second-order valence-electron chi connectivity index (χ2n) is 2.58. The van der Waals surface area contributed by atoms with Gasteiger partial charge in [-0.15, -0.1) is 6.58 Å². The molecule has 1 unspecified atom stereocenters. The number of hydrogen-bond donors (Lipinski definition) is 3. The Kier molecular flexibility index (Phi) is 5.19. The molecular weight excluding hydrogens is 237 g/mol. The fourth-order valence-electron chi connectivity index (χ4n) is 0.493. The number of phosphoric acid groups is 2. The Morgan fingerprint density at radius 3 is 2.21 bits per heavy atom. The molecule has 14 heavy (non-hydrogen) atoms. The van der Waals surface area contributed by atoms with Gasteiger partial charge in [-0.3, -0.25) is 4.52 Å². The van der Waals surface area contributed by atoms with Crippen LogP contribution in [-0.2, 0) is 18.0 Å². The van der Waals surface area contributed by atoms with E-state index in [-0.39, 0.29) is 6.61 Å². The maximum absolute atomic E-state index is 10.8. The first-order valence-electron chi connectivity index (χ1n) is 3.51. The highest BCUT2D eigenvalue weighted by Gasteiger charge is 2.31. The van der Waals surface area contributed by atoms with Gasteiger partial charge >= 0.3 is 15.6 Å². The van der Waals surface area contributed by atoms with Gasteiger partial charge in [0.25, 0.3) is 0 Å². The lowest BCUT2D eigenvalue weighted by Crippen LogP contribution is -1.96. The van der Waals surface area contributed by atoms with E-state index in [0.29, 0.717) is 12.0 Å². The molecule has 0 aliphatic rings. The van der Waals surface area contributed by atoms with Crippen LogP contribution in [0.2, 0.25) is 0 Å². The van der Waals surface area contributed by atoms with E-state index in [1.54, 1.807) is 6.92 Å². The fraction of sp³-hybridized carbons (Fsp3) is 0.600. The summed E-state index contributed by atoms with van der Waals surface area (Å²) in [6.45, 7) is 4.99. The lowest BCUT2D eigenvalue weighted by atomic mass is 10.7. The second-order valence-corrected chi connectivity index (χ2v) is 5.41. The average molecular weight is 249 g/mol. The van der Waals surface area contributed by atoms with E-state index in [4.69, 9.17) is 14.7 Å². The highest BCUT2D eigenvalue weighted by molar-refractivity contribution is 7.60. The van der Waals surface area contributed by atoms with Crippen LogP contribution in [0.25, 0.3) is 0 Å². The Morgan fingerprint density at radius 1 is 1.36 bits per heavy atom. The van der Waals surface area contributed by atoms with Crippen LogP contribution in [0.15, 0.2) is 12.2 Å². The molecule has 9 heteroatoms. The van der Waals surface area contributed by atoms with E-state index >= 15 is 0 Å². The number of hydrogen-bond acceptors (Lipinski definition) is 4. The van der Waals surface area contributed by atoms with E-state index < -0.39 is 15.6 Å². The van der Waals surface area contributed by atoms with Crippen LogP contribution in [0.1, 0.15) is 13.3 Å². The van der Waals surface area contributed by atoms with Crippen molar-refractivity contribution in [1.82, 2.24) is 0 Å². The Bertz CT molecular complexity index is 292. The van der Waals surface area contributed by atoms with Crippen molar-refractivity contribution in [1.29, 1.82) is 0 Å². The third-order valence-corrected chi connectivity index (χ3v) is 3.18. The first-order chi connectivity index (χ1) is 6.12. The first kappa shape index (κ1) is 14.0. The van der Waals surface area contributed by atoms with Crippen molar-refractivity contribution in [2.24, 2.45) is 0 Å². The number of phosphoric ester groups is 1. The van der Waals surface area contributed by atoms with Crippen LogP contribution >= 0.6 is 15.6 Å². The third kappa shape index (κ3) is 8.59. The van der Waals surface area contributed by atoms with Crippen molar-refractivity contribution in [2.75, 3.05) is 6.61 Å². The Morgan fingerprint density at radius 2 is 1.86 bits per heavy atom. The molecule has 1 atom stereocenters. The Balaban J connectivity index is 4.03. The summed E-state index contributed by atoms with van der Waals surface area (Å²) >= 11 is 0. The summed E-state index contributed by atoms with van der Waals surface area (Å²) in [6.07, 6.45) is 0.301. The van der Waals surface area contributed by atoms with Gasteiger partial charge in [0.15, 0.2) is 0 Å². The van der Waals surface area contributed by atoms with Crippen LogP contribution in [0, 0.1) is 0 Å². The lowest BCUT2D eigenvalue weighted by molar-refractivity contribution is 0.180. The molecule has 84 valence electrons. The Labute approximate surface area is 81.2 Å². The van der Waals surface area contributed by atoms with Crippen molar-refractivity contribution >= 4 is 15.6 Å². The molecule has 0 rings (SSSR count). The number of rotatable bonds is 6. The molecule has 0 saturated heterocycles. The second kappa shape index (κ2) is 5.19. The summed E-state index contributed by atoms with van der Waals surface area (Å²) in [6, 6.07) is 0. The van der Waals surface area contributed by atoms with Gasteiger partial charge in [0.1, 0.15) is 0 Å². The zero-order valence-electron chi connectivity index (χ0n) is 7.49. The summed E-state index contributed by atoms with van der Waals surface area (Å²) in [7, 11) is -9.69. The highest BCUT2D eigenvalue weighted by atomic mass is 31.3. The van der Waals surface area contributed by atoms with Gasteiger partial charge in [-0.25, -0.2) is 9.13 Å². The SMILES string of the molecule is [13CH2]=C([13CH3])[13CH2]COP(=O)(O)OP(=O)(O)O. The smallest absolute Gasteiger partial charge is 0.302 e. The summed E-state index contributed by atoms with van der Waals surface area (Å²) in [5.74, 6) is 0. The van der Waals surface area contributed by atoms with Crippen molar-refractivity contribution in [3.8, 4) is 0 Å². The van der Waals surface area contributed by atoms with Gasteiger partial charge in [0.05, 0.1) is 6.61 Å². The molecule has 0 fully saturated rings. The average Bonchev–Trinajstić information content (AvgIpc) is 1.78. The van der Waals surface area contributed by atoms with Gasteiger partial charge < -0.3 is 14.7 Å². The molecule has 7 nitrogen and oxygen atoms in total. The predicted octanol–water partition coefficient (Wildman–Crippen LogP) is 1.18. The monoisotopic (exact) mass is 249 g/mol. The predicted molar refractivity (Wildman–Crippen MR) is 48.3 cm³/mol. The topological polar surface area (TPSA) is 113 Å². The van der Waals surface area contributed by atoms with Crippen molar-refractivity contribution in [2.45, 2.75) is 13.3 Å². The molecule has 3 N–H and O–H groups in total. The van der Waals surface area contributed by atoms with Gasteiger partial charge in [0.2, 0.25) is 0 Å². The van der Waals surface area contributed by atoms with E-state index in [9.17, 15) is 9.13 Å². The third-order valence-electron chi connectivity index (χ3n) is 0.993. The zero-order chi connectivity index (χ0) is 11.4. The molecule has 0 amide bonds. The van der Waals surface area contributed by atoms with E-state index in [2.05, 4.69) is 15.4 Å². The van der Waals surface area contributed by atoms with Gasteiger partial charge in [0, 0.05) is 0 Å². The largest absolute Gasteiger partial charge is 0.481 e. The zero-order valence-corrected chi connectivity index (χ0v) is 9.28. The van der Waals surface area contributed by atoms with Gasteiger partial charge in [-0.1, -0.05) is 5.57 Å². The summed E-state index contributed by atoms with van der Waals surface area (Å²) in [5, 5.41) is 0. The summed E-state index contributed by atoms with van der Waals surface area (Å²) < 4.78 is 28.8. The minimum Gasteiger partial charge on any atom is -0.302 e. The maximum atomic E-state index is 10.8. The molecule has 0 aliphatic carbocycles. The molecule has 0 aromatic heterocycles. The van der Waals surface area contributed by atoms with E-state index in [1.165, 1.54) is 0 Å². The van der Waals surface area contributed by atoms with Crippen molar-refractivity contribution in [3.63, 3.8) is 0 Å². The van der Waals surface area contributed by atoms with Crippen molar-refractivity contribution in [3.05, 3.63) is 12.2 Å². The highest BCUT2D eigenvalue weighted by Crippen LogP contribution is 2.57. The standard InChI is InChI=1S/C5H12O7P2/c1-5(2)3-4-11-14(9,10)12-13(6,7)8/h1,3-4H2,2H3,(H,9,10)(H2,6,7,8)/i1+1,2+1,3+1. The lowest BCUT2D eigenvalue weighted by Gasteiger charge is -2.11. The fourth-order valence-corrected chi connectivity index (χ4v) is 2.08. The minimum atomic E-state index is -5.01. The molecule has 0 aromatic carbocycles. The molecule has 0 saturated carbocycles. The van der Waals surface area contributed by atoms with Crippen LogP contribution in [0.4, 0.5) is 0 Å². The Hall–Kier alpha value is -0.0000000000000000416. The van der Waals surface area contributed by atoms with Crippen LogP contribution in [0.3, 0.4) is 0 Å². The summed E-state index contributed by atoms with van der Waals surface area (Å²) in [5.41, 5.74) is 0.709. The molecule has 0 spiro atoms. The normalized spacial score (nSPS) is 16.3. The van der Waals surface area contributed by atoms with Gasteiger partial charge in [-0.05, 0) is 13.3 Å². The van der Waals surface area contributed by atoms with E-state index in [1.807, 2.05) is 0 Å². The molecule has 0 radical (unpaired) electrons. The molecule has 0 heterocycles. The molecule has 0 bridgehead atoms. The van der Waals surface area contributed by atoms with Crippen LogP contribution in [-0.4, -0.2) is 21.3 Å². The molecule has 0 aromatic rings. The van der Waals surface area contributed by atoms with Gasteiger partial charge in [-0.2, -0.15) is 4.31 Å².